The molecule has 0 aliphatic carbocycles. The van der Waals surface area contributed by atoms with Crippen LogP contribution in [0.5, 0.6) is 0 Å². The first-order valence-corrected chi connectivity index (χ1v) is 9.69. The number of thiazole rings is 1. The third-order valence-corrected chi connectivity index (χ3v) is 4.93. The van der Waals surface area contributed by atoms with E-state index in [9.17, 15) is 9.59 Å². The molecule has 1 heterocycles. The van der Waals surface area contributed by atoms with Crippen LogP contribution in [-0.4, -0.2) is 29.1 Å². The Morgan fingerprint density at radius 1 is 1.21 bits per heavy atom. The minimum absolute atomic E-state index is 0.00702. The van der Waals surface area contributed by atoms with Crippen molar-refractivity contribution in [2.24, 2.45) is 5.92 Å². The zero-order valence-corrected chi connectivity index (χ0v) is 15.8. The molecule has 7 heteroatoms. The maximum absolute atomic E-state index is 12.4. The molecule has 2 amide bonds. The minimum atomic E-state index is -0.573. The van der Waals surface area contributed by atoms with Crippen molar-refractivity contribution in [1.82, 2.24) is 10.3 Å². The van der Waals surface area contributed by atoms with Crippen LogP contribution in [0.3, 0.4) is 0 Å². The van der Waals surface area contributed by atoms with Gasteiger partial charge in [-0.05, 0) is 24.3 Å². The Labute approximate surface area is 150 Å². The van der Waals surface area contributed by atoms with E-state index >= 15 is 0 Å². The molecule has 0 radical (unpaired) electrons. The lowest BCUT2D eigenvalue weighted by Crippen LogP contribution is -2.46. The van der Waals surface area contributed by atoms with Gasteiger partial charge in [-0.15, -0.1) is 23.1 Å². The van der Waals surface area contributed by atoms with E-state index in [0.29, 0.717) is 5.13 Å². The van der Waals surface area contributed by atoms with Crippen molar-refractivity contribution in [3.8, 4) is 11.3 Å². The lowest BCUT2D eigenvalue weighted by atomic mass is 10.0. The first-order valence-electron chi connectivity index (χ1n) is 7.58. The Morgan fingerprint density at radius 3 is 2.42 bits per heavy atom. The Hall–Kier alpha value is -1.86. The monoisotopic (exact) mass is 363 g/mol. The average molecular weight is 364 g/mol. The van der Waals surface area contributed by atoms with Crippen molar-refractivity contribution in [3.63, 3.8) is 0 Å². The molecule has 1 atom stereocenters. The van der Waals surface area contributed by atoms with Crippen LogP contribution in [0.15, 0.2) is 34.5 Å². The number of rotatable bonds is 6. The van der Waals surface area contributed by atoms with Gasteiger partial charge in [-0.1, -0.05) is 26.0 Å². The molecule has 0 spiro atoms. The zero-order chi connectivity index (χ0) is 17.7. The summed E-state index contributed by atoms with van der Waals surface area (Å²) in [6, 6.07) is 7.55. The van der Waals surface area contributed by atoms with Crippen LogP contribution in [0, 0.1) is 5.92 Å². The predicted octanol–water partition coefficient (Wildman–Crippen LogP) is 3.63. The summed E-state index contributed by atoms with van der Waals surface area (Å²) in [6.07, 6.45) is 2.03. The maximum Gasteiger partial charge on any atom is 0.248 e. The number of hydrogen-bond acceptors (Lipinski definition) is 5. The predicted molar refractivity (Wildman–Crippen MR) is 100 cm³/mol. The summed E-state index contributed by atoms with van der Waals surface area (Å²) in [6.45, 7) is 5.18. The van der Waals surface area contributed by atoms with Crippen molar-refractivity contribution in [2.45, 2.75) is 31.7 Å². The van der Waals surface area contributed by atoms with Crippen molar-refractivity contribution in [1.29, 1.82) is 0 Å². The minimum Gasteiger partial charge on any atom is -0.344 e. The first kappa shape index (κ1) is 18.5. The van der Waals surface area contributed by atoms with Crippen LogP contribution in [-0.2, 0) is 9.59 Å². The summed E-state index contributed by atoms with van der Waals surface area (Å²) < 4.78 is 0. The fourth-order valence-electron chi connectivity index (χ4n) is 2.16. The van der Waals surface area contributed by atoms with Gasteiger partial charge in [0.05, 0.1) is 5.69 Å². The highest BCUT2D eigenvalue weighted by molar-refractivity contribution is 7.98. The molecule has 128 valence electrons. The van der Waals surface area contributed by atoms with Crippen molar-refractivity contribution >= 4 is 40.0 Å². The topological polar surface area (TPSA) is 71.1 Å². The van der Waals surface area contributed by atoms with Gasteiger partial charge in [0.1, 0.15) is 6.04 Å². The number of carbonyl (C=O) groups is 2. The van der Waals surface area contributed by atoms with E-state index in [0.717, 1.165) is 11.3 Å². The van der Waals surface area contributed by atoms with Gasteiger partial charge in [-0.3, -0.25) is 9.59 Å². The molecule has 0 saturated carbocycles. The Morgan fingerprint density at radius 2 is 1.88 bits per heavy atom. The summed E-state index contributed by atoms with van der Waals surface area (Å²) in [7, 11) is 0. The summed E-state index contributed by atoms with van der Waals surface area (Å²) in [5, 5.41) is 7.90. The molecule has 0 aliphatic heterocycles. The quantitative estimate of drug-likeness (QED) is 0.769. The van der Waals surface area contributed by atoms with Gasteiger partial charge < -0.3 is 10.6 Å². The molecule has 1 unspecified atom stereocenters. The number of nitrogens with zero attached hydrogens (tertiary/aromatic N) is 1. The van der Waals surface area contributed by atoms with E-state index in [1.807, 2.05) is 49.7 Å². The molecule has 2 N–H and O–H groups in total. The third kappa shape index (κ3) is 4.82. The standard InChI is InChI=1S/C17H21N3O2S2/c1-10(2)15(18-11(3)21)16(22)20-17-19-14(9-24-17)12-5-7-13(23-4)8-6-12/h5-10,15H,1-4H3,(H,18,21)(H,19,20,22). The van der Waals surface area contributed by atoms with E-state index in [-0.39, 0.29) is 17.7 Å². The van der Waals surface area contributed by atoms with Crippen LogP contribution >= 0.6 is 23.1 Å². The molecule has 0 aliphatic rings. The maximum atomic E-state index is 12.4. The SMILES string of the molecule is CSc1ccc(-c2csc(NC(=O)C(NC(C)=O)C(C)C)n2)cc1. The lowest BCUT2D eigenvalue weighted by Gasteiger charge is -2.20. The number of aromatic nitrogens is 1. The summed E-state index contributed by atoms with van der Waals surface area (Å²) in [4.78, 5) is 29.3. The third-order valence-electron chi connectivity index (χ3n) is 3.43. The Kier molecular flexibility index (Phi) is 6.39. The fraction of sp³-hybridized carbons (Fsp3) is 0.353. The van der Waals surface area contributed by atoms with Gasteiger partial charge in [-0.2, -0.15) is 0 Å². The highest BCUT2D eigenvalue weighted by Gasteiger charge is 2.23. The molecule has 5 nitrogen and oxygen atoms in total. The number of thioether (sulfide) groups is 1. The van der Waals surface area contributed by atoms with Gasteiger partial charge in [0.25, 0.3) is 0 Å². The molecule has 2 aromatic rings. The first-order chi connectivity index (χ1) is 11.4. The van der Waals surface area contributed by atoms with Gasteiger partial charge in [-0.25, -0.2) is 4.98 Å². The molecule has 0 fully saturated rings. The van der Waals surface area contributed by atoms with E-state index in [1.54, 1.807) is 11.8 Å². The van der Waals surface area contributed by atoms with Gasteiger partial charge in [0.15, 0.2) is 5.13 Å². The highest BCUT2D eigenvalue weighted by Crippen LogP contribution is 2.27. The van der Waals surface area contributed by atoms with E-state index in [2.05, 4.69) is 15.6 Å². The smallest absolute Gasteiger partial charge is 0.248 e. The largest absolute Gasteiger partial charge is 0.344 e. The van der Waals surface area contributed by atoms with Crippen molar-refractivity contribution in [3.05, 3.63) is 29.6 Å². The number of benzene rings is 1. The molecule has 2 rings (SSSR count). The average Bonchev–Trinajstić information content (AvgIpc) is 3.00. The molecule has 24 heavy (non-hydrogen) atoms. The molecular formula is C17H21N3O2S2. The van der Waals surface area contributed by atoms with E-state index in [4.69, 9.17) is 0 Å². The van der Waals surface area contributed by atoms with Crippen LogP contribution in [0.4, 0.5) is 5.13 Å². The van der Waals surface area contributed by atoms with Crippen LogP contribution in [0.25, 0.3) is 11.3 Å². The summed E-state index contributed by atoms with van der Waals surface area (Å²) in [5.74, 6) is -0.483. The molecular weight excluding hydrogens is 342 g/mol. The lowest BCUT2D eigenvalue weighted by molar-refractivity contribution is -0.126. The zero-order valence-electron chi connectivity index (χ0n) is 14.1. The second-order valence-corrected chi connectivity index (χ2v) is 7.42. The molecule has 0 bridgehead atoms. The normalized spacial score (nSPS) is 12.0. The van der Waals surface area contributed by atoms with Crippen LogP contribution in [0.2, 0.25) is 0 Å². The number of nitrogens with one attached hydrogen (secondary N) is 2. The molecule has 1 aromatic carbocycles. The Balaban J connectivity index is 2.09. The van der Waals surface area contributed by atoms with Crippen molar-refractivity contribution in [2.75, 3.05) is 11.6 Å². The molecule has 1 aromatic heterocycles. The number of amides is 2. The fourth-order valence-corrected chi connectivity index (χ4v) is 3.29. The number of hydrogen-bond donors (Lipinski definition) is 2. The van der Waals surface area contributed by atoms with E-state index < -0.39 is 6.04 Å². The van der Waals surface area contributed by atoms with Gasteiger partial charge >= 0.3 is 0 Å². The van der Waals surface area contributed by atoms with Crippen LogP contribution < -0.4 is 10.6 Å². The van der Waals surface area contributed by atoms with Crippen molar-refractivity contribution < 1.29 is 9.59 Å². The molecule has 0 saturated heterocycles. The van der Waals surface area contributed by atoms with Gasteiger partial charge in [0, 0.05) is 22.8 Å². The summed E-state index contributed by atoms with van der Waals surface area (Å²) >= 11 is 3.06. The van der Waals surface area contributed by atoms with Crippen LogP contribution in [0.1, 0.15) is 20.8 Å². The summed E-state index contributed by atoms with van der Waals surface area (Å²) in [5.41, 5.74) is 1.83. The van der Waals surface area contributed by atoms with E-state index in [1.165, 1.54) is 23.2 Å². The Bertz CT molecular complexity index is 711. The second-order valence-electron chi connectivity index (χ2n) is 5.68. The number of anilines is 1. The number of carbonyl (C=O) groups excluding carboxylic acids is 2. The second kappa shape index (κ2) is 8.30. The van der Waals surface area contributed by atoms with Gasteiger partial charge in [0.2, 0.25) is 11.8 Å². The highest BCUT2D eigenvalue weighted by atomic mass is 32.2.